The fourth-order valence-electron chi connectivity index (χ4n) is 2.19. The maximum Gasteiger partial charge on any atom is 0.434 e. The molecule has 2 aromatic heterocycles. The van der Waals surface area contributed by atoms with Crippen molar-refractivity contribution in [3.05, 3.63) is 57.1 Å². The number of nitrogens with one attached hydrogen (secondary N) is 1. The van der Waals surface area contributed by atoms with Crippen molar-refractivity contribution in [3.63, 3.8) is 0 Å². The first-order valence-electron chi connectivity index (χ1n) is 8.07. The highest BCUT2D eigenvalue weighted by molar-refractivity contribution is 7.90. The van der Waals surface area contributed by atoms with Crippen LogP contribution < -0.4 is 4.72 Å². The Hall–Kier alpha value is -1.20. The highest BCUT2D eigenvalue weighted by atomic mass is 35.5. The number of halogens is 7. The van der Waals surface area contributed by atoms with Gasteiger partial charge in [0.2, 0.25) is 0 Å². The summed E-state index contributed by atoms with van der Waals surface area (Å²) < 4.78 is 79.7. The molecule has 0 radical (unpaired) electrons. The Bertz CT molecular complexity index is 877. The van der Waals surface area contributed by atoms with Gasteiger partial charge in [-0.15, -0.1) is 4.72 Å². The molecule has 0 saturated carbocycles. The number of rotatable bonds is 5. The predicted octanol–water partition coefficient (Wildman–Crippen LogP) is 5.88. The first-order chi connectivity index (χ1) is 13.2. The van der Waals surface area contributed by atoms with Gasteiger partial charge in [0.25, 0.3) is 6.43 Å². The zero-order valence-corrected chi connectivity index (χ0v) is 17.6. The van der Waals surface area contributed by atoms with Crippen molar-refractivity contribution in [2.75, 3.05) is 0 Å². The Balaban J connectivity index is 2.57. The third-order valence-corrected chi connectivity index (χ3v) is 5.81. The van der Waals surface area contributed by atoms with Gasteiger partial charge in [0.15, 0.2) is 5.69 Å². The van der Waals surface area contributed by atoms with Gasteiger partial charge < -0.3 is 4.55 Å². The molecule has 2 heterocycles. The van der Waals surface area contributed by atoms with E-state index in [9.17, 15) is 26.5 Å². The summed E-state index contributed by atoms with van der Waals surface area (Å²) in [6, 6.07) is 2.33. The van der Waals surface area contributed by atoms with E-state index in [1.54, 1.807) is 20.8 Å². The molecule has 0 aromatic carbocycles. The molecule has 0 aliphatic carbocycles. The van der Waals surface area contributed by atoms with E-state index in [0.29, 0.717) is 0 Å². The average molecular weight is 476 g/mol. The number of hydrogen-bond donors (Lipinski definition) is 1. The van der Waals surface area contributed by atoms with Gasteiger partial charge >= 0.3 is 6.18 Å². The monoisotopic (exact) mass is 475 g/mol. The van der Waals surface area contributed by atoms with Crippen molar-refractivity contribution in [2.45, 2.75) is 44.2 Å². The lowest BCUT2D eigenvalue weighted by Gasteiger charge is -2.28. The van der Waals surface area contributed by atoms with Gasteiger partial charge in [0.1, 0.15) is 16.5 Å². The van der Waals surface area contributed by atoms with E-state index in [1.807, 2.05) is 0 Å². The second-order valence-corrected chi connectivity index (χ2v) is 9.74. The summed E-state index contributed by atoms with van der Waals surface area (Å²) in [4.78, 5) is 7.16. The quantitative estimate of drug-likeness (QED) is 0.433. The molecule has 160 valence electrons. The van der Waals surface area contributed by atoms with Crippen LogP contribution in [0.2, 0.25) is 10.0 Å². The third-order valence-electron chi connectivity index (χ3n) is 3.64. The van der Waals surface area contributed by atoms with Gasteiger partial charge in [-0.1, -0.05) is 23.2 Å². The van der Waals surface area contributed by atoms with Crippen molar-refractivity contribution < 1.29 is 26.5 Å². The summed E-state index contributed by atoms with van der Waals surface area (Å²) in [5.41, 5.74) is -1.96. The molecule has 0 amide bonds. The number of aromatic nitrogens is 2. The van der Waals surface area contributed by atoms with Crippen molar-refractivity contribution in [1.82, 2.24) is 14.7 Å². The predicted molar refractivity (Wildman–Crippen MR) is 101 cm³/mol. The molecule has 0 aliphatic heterocycles. The highest BCUT2D eigenvalue weighted by Crippen LogP contribution is 2.36. The molecule has 0 aliphatic rings. The summed E-state index contributed by atoms with van der Waals surface area (Å²) in [6.45, 7) is 4.97. The standard InChI is InChI=1S/C17H16Cl2F5N3OS/c1-16(2,3)29(28)27-12(11-5-4-9(18)13(26-11)15(20)21)8-6-10(19)14(25-7-8)17(22,23)24/h4-7,12,15,27H,1-3H3/t12?,29-/m1/s1. The zero-order valence-electron chi connectivity index (χ0n) is 15.3. The van der Waals surface area contributed by atoms with E-state index < -0.39 is 51.2 Å². The molecule has 2 rings (SSSR count). The lowest BCUT2D eigenvalue weighted by molar-refractivity contribution is -0.141. The number of nitrogens with zero attached hydrogens (tertiary/aromatic N) is 2. The van der Waals surface area contributed by atoms with Crippen LogP contribution in [0.5, 0.6) is 0 Å². The van der Waals surface area contributed by atoms with E-state index in [1.165, 1.54) is 12.1 Å². The van der Waals surface area contributed by atoms with Crippen LogP contribution in [0.15, 0.2) is 24.4 Å². The normalized spacial score (nSPS) is 14.9. The Morgan fingerprint density at radius 3 is 2.21 bits per heavy atom. The zero-order chi connectivity index (χ0) is 22.1. The maximum absolute atomic E-state index is 13.2. The third kappa shape index (κ3) is 5.91. The fourth-order valence-corrected chi connectivity index (χ4v) is 3.48. The summed E-state index contributed by atoms with van der Waals surface area (Å²) in [5, 5.41) is -0.964. The minimum absolute atomic E-state index is 0.0278. The Morgan fingerprint density at radius 2 is 1.72 bits per heavy atom. The van der Waals surface area contributed by atoms with Crippen molar-refractivity contribution in [3.8, 4) is 0 Å². The Kier molecular flexibility index (Phi) is 7.38. The van der Waals surface area contributed by atoms with Gasteiger partial charge in [-0.2, -0.15) is 13.2 Å². The van der Waals surface area contributed by atoms with Crippen LogP contribution in [0.3, 0.4) is 0 Å². The van der Waals surface area contributed by atoms with E-state index in [4.69, 9.17) is 23.2 Å². The summed E-state index contributed by atoms with van der Waals surface area (Å²) >= 11 is 9.74. The van der Waals surface area contributed by atoms with Gasteiger partial charge in [0.05, 0.1) is 15.7 Å². The molecule has 2 aromatic rings. The van der Waals surface area contributed by atoms with Crippen LogP contribution in [0.4, 0.5) is 22.0 Å². The molecule has 0 spiro atoms. The van der Waals surface area contributed by atoms with Gasteiger partial charge in [0, 0.05) is 17.6 Å². The highest BCUT2D eigenvalue weighted by Gasteiger charge is 2.37. The van der Waals surface area contributed by atoms with Crippen molar-refractivity contribution in [2.24, 2.45) is 0 Å². The smallest absolute Gasteiger partial charge is 0.434 e. The van der Waals surface area contributed by atoms with Crippen molar-refractivity contribution >= 4 is 34.6 Å². The van der Waals surface area contributed by atoms with Crippen LogP contribution in [0.25, 0.3) is 0 Å². The molecule has 1 unspecified atom stereocenters. The molecular weight excluding hydrogens is 460 g/mol. The van der Waals surface area contributed by atoms with E-state index in [2.05, 4.69) is 14.7 Å². The van der Waals surface area contributed by atoms with Crippen LogP contribution in [-0.4, -0.2) is 19.3 Å². The molecule has 0 saturated heterocycles. The maximum atomic E-state index is 13.2. The molecule has 4 nitrogen and oxygen atoms in total. The van der Waals surface area contributed by atoms with E-state index in [-0.39, 0.29) is 16.3 Å². The van der Waals surface area contributed by atoms with Gasteiger partial charge in [-0.3, -0.25) is 0 Å². The molecular formula is C17H16Cl2F5N3OS. The number of pyridine rings is 2. The molecule has 12 heteroatoms. The number of alkyl halides is 5. The molecule has 29 heavy (non-hydrogen) atoms. The minimum Gasteiger partial charge on any atom is -0.598 e. The first kappa shape index (κ1) is 24.1. The lowest BCUT2D eigenvalue weighted by Crippen LogP contribution is -2.42. The van der Waals surface area contributed by atoms with Crippen molar-refractivity contribution in [1.29, 1.82) is 0 Å². The minimum atomic E-state index is -4.77. The fraction of sp³-hybridized carbons (Fsp3) is 0.412. The van der Waals surface area contributed by atoms with Crippen LogP contribution in [0.1, 0.15) is 55.9 Å². The summed E-state index contributed by atoms with van der Waals surface area (Å²) in [6.07, 6.45) is -6.87. The largest absolute Gasteiger partial charge is 0.598 e. The average Bonchev–Trinajstić information content (AvgIpc) is 2.57. The first-order valence-corrected chi connectivity index (χ1v) is 9.97. The number of hydrogen-bond acceptors (Lipinski definition) is 4. The van der Waals surface area contributed by atoms with E-state index >= 15 is 0 Å². The lowest BCUT2D eigenvalue weighted by atomic mass is 10.1. The van der Waals surface area contributed by atoms with Gasteiger partial charge in [-0.25, -0.2) is 18.7 Å². The summed E-state index contributed by atoms with van der Waals surface area (Å²) in [5.74, 6) is 0. The van der Waals surface area contributed by atoms with Crippen LogP contribution >= 0.6 is 23.2 Å². The SMILES string of the molecule is CC(C)(C)[S@@+]([O-])NC(c1cnc(C(F)(F)F)c(Cl)c1)c1ccc(Cl)c(C(F)F)n1. The van der Waals surface area contributed by atoms with Gasteiger partial charge in [-0.05, 0) is 44.5 Å². The molecule has 1 N–H and O–H groups in total. The van der Waals surface area contributed by atoms with E-state index in [0.717, 1.165) is 12.3 Å². The second-order valence-electron chi connectivity index (χ2n) is 6.93. The van der Waals surface area contributed by atoms with Crippen LogP contribution in [0, 0.1) is 0 Å². The molecule has 0 fully saturated rings. The Morgan fingerprint density at radius 1 is 1.10 bits per heavy atom. The van der Waals surface area contributed by atoms with Crippen LogP contribution in [-0.2, 0) is 17.5 Å². The topological polar surface area (TPSA) is 60.9 Å². The second kappa shape index (κ2) is 8.89. The molecule has 0 bridgehead atoms. The summed E-state index contributed by atoms with van der Waals surface area (Å²) in [7, 11) is 0. The Labute approximate surface area is 177 Å². The molecule has 2 atom stereocenters.